The van der Waals surface area contributed by atoms with Crippen LogP contribution in [0, 0.1) is 11.8 Å². The molecule has 2 rings (SSSR count). The third-order valence-electron chi connectivity index (χ3n) is 5.42. The summed E-state index contributed by atoms with van der Waals surface area (Å²) in [5, 5.41) is 0. The first-order chi connectivity index (χ1) is 16.0. The van der Waals surface area contributed by atoms with Gasteiger partial charge in [-0.15, -0.1) is 0 Å². The average Bonchev–Trinajstić information content (AvgIpc) is 2.84. The number of ether oxygens (including phenoxy) is 2. The number of ketones is 2. The van der Waals surface area contributed by atoms with Crippen LogP contribution in [0.3, 0.4) is 0 Å². The third kappa shape index (κ3) is 8.29. The standard InChI is InChI=1S/C27H32O6/c1-3-32-24(28)17-11-16-22(25(29)20-12-7-5-8-13-20)18-19-23(27(31)33-4-2)26(30)21-14-9-6-10-15-21/h5-10,12-15,22-23H,3-4,11,16-19H2,1-2H3. The van der Waals surface area contributed by atoms with Crippen molar-refractivity contribution in [1.82, 2.24) is 0 Å². The molecule has 33 heavy (non-hydrogen) atoms. The molecule has 2 unspecified atom stereocenters. The molecule has 0 bridgehead atoms. The van der Waals surface area contributed by atoms with Crippen molar-refractivity contribution in [3.8, 4) is 0 Å². The Kier molecular flexibility index (Phi) is 11.0. The van der Waals surface area contributed by atoms with E-state index in [9.17, 15) is 19.2 Å². The first-order valence-corrected chi connectivity index (χ1v) is 11.5. The monoisotopic (exact) mass is 452 g/mol. The van der Waals surface area contributed by atoms with Gasteiger partial charge in [-0.25, -0.2) is 0 Å². The van der Waals surface area contributed by atoms with Gasteiger partial charge in [-0.3, -0.25) is 19.2 Å². The van der Waals surface area contributed by atoms with Crippen LogP contribution in [0.4, 0.5) is 0 Å². The van der Waals surface area contributed by atoms with Gasteiger partial charge in [0.15, 0.2) is 11.6 Å². The Balaban J connectivity index is 2.16. The van der Waals surface area contributed by atoms with E-state index in [4.69, 9.17) is 9.47 Å². The van der Waals surface area contributed by atoms with Gasteiger partial charge in [0.25, 0.3) is 0 Å². The summed E-state index contributed by atoms with van der Waals surface area (Å²) in [6, 6.07) is 17.5. The van der Waals surface area contributed by atoms with Crippen LogP contribution in [0.5, 0.6) is 0 Å². The van der Waals surface area contributed by atoms with Crippen molar-refractivity contribution in [2.24, 2.45) is 11.8 Å². The largest absolute Gasteiger partial charge is 0.466 e. The number of esters is 2. The van der Waals surface area contributed by atoms with Gasteiger partial charge in [0, 0.05) is 23.5 Å². The van der Waals surface area contributed by atoms with Gasteiger partial charge in [0.2, 0.25) is 0 Å². The zero-order chi connectivity index (χ0) is 24.1. The van der Waals surface area contributed by atoms with Crippen LogP contribution >= 0.6 is 0 Å². The van der Waals surface area contributed by atoms with Gasteiger partial charge in [0.1, 0.15) is 5.92 Å². The van der Waals surface area contributed by atoms with Crippen molar-refractivity contribution >= 4 is 23.5 Å². The van der Waals surface area contributed by atoms with Gasteiger partial charge in [0.05, 0.1) is 13.2 Å². The van der Waals surface area contributed by atoms with Crippen molar-refractivity contribution in [2.45, 2.75) is 46.0 Å². The fraction of sp³-hybridized carbons (Fsp3) is 0.407. The fourth-order valence-electron chi connectivity index (χ4n) is 3.74. The molecular weight excluding hydrogens is 420 g/mol. The number of hydrogen-bond donors (Lipinski definition) is 0. The summed E-state index contributed by atoms with van der Waals surface area (Å²) in [6.07, 6.45) is 1.69. The van der Waals surface area contributed by atoms with Crippen LogP contribution in [0.25, 0.3) is 0 Å². The van der Waals surface area contributed by atoms with Crippen LogP contribution in [-0.4, -0.2) is 36.7 Å². The maximum Gasteiger partial charge on any atom is 0.316 e. The van der Waals surface area contributed by atoms with E-state index in [-0.39, 0.29) is 37.0 Å². The number of hydrogen-bond acceptors (Lipinski definition) is 6. The van der Waals surface area contributed by atoms with Crippen LogP contribution in [-0.2, 0) is 19.1 Å². The van der Waals surface area contributed by atoms with Crippen molar-refractivity contribution < 1.29 is 28.7 Å². The summed E-state index contributed by atoms with van der Waals surface area (Å²) in [4.78, 5) is 50.5. The predicted octanol–water partition coefficient (Wildman–Crippen LogP) is 5.06. The molecule has 6 nitrogen and oxygen atoms in total. The molecule has 0 N–H and O–H groups in total. The highest BCUT2D eigenvalue weighted by atomic mass is 16.5. The zero-order valence-corrected chi connectivity index (χ0v) is 19.3. The SMILES string of the molecule is CCOC(=O)CCCC(CCC(C(=O)OCC)C(=O)c1ccccc1)C(=O)c1ccccc1. The highest BCUT2D eigenvalue weighted by Gasteiger charge is 2.31. The lowest BCUT2D eigenvalue weighted by molar-refractivity contribution is -0.146. The maximum absolute atomic E-state index is 13.2. The van der Waals surface area contributed by atoms with Crippen molar-refractivity contribution in [3.63, 3.8) is 0 Å². The summed E-state index contributed by atoms with van der Waals surface area (Å²) in [5.41, 5.74) is 1.00. The summed E-state index contributed by atoms with van der Waals surface area (Å²) in [5.74, 6) is -2.66. The van der Waals surface area contributed by atoms with Gasteiger partial charge in [-0.2, -0.15) is 0 Å². The Labute approximate surface area is 195 Å². The Bertz CT molecular complexity index is 907. The molecule has 176 valence electrons. The van der Waals surface area contributed by atoms with Crippen LogP contribution in [0.1, 0.15) is 66.7 Å². The number of rotatable bonds is 14. The smallest absolute Gasteiger partial charge is 0.316 e. The molecule has 0 saturated carbocycles. The summed E-state index contributed by atoms with van der Waals surface area (Å²) in [7, 11) is 0. The number of carbonyl (C=O) groups is 4. The molecule has 0 spiro atoms. The fourth-order valence-corrected chi connectivity index (χ4v) is 3.74. The zero-order valence-electron chi connectivity index (χ0n) is 19.3. The minimum Gasteiger partial charge on any atom is -0.466 e. The number of carbonyl (C=O) groups excluding carboxylic acids is 4. The second-order valence-corrected chi connectivity index (χ2v) is 7.74. The molecule has 0 saturated heterocycles. The molecule has 0 heterocycles. The highest BCUT2D eigenvalue weighted by Crippen LogP contribution is 2.25. The Morgan fingerprint density at radius 3 is 1.79 bits per heavy atom. The van der Waals surface area contributed by atoms with Crippen molar-refractivity contribution in [2.75, 3.05) is 13.2 Å². The number of benzene rings is 2. The van der Waals surface area contributed by atoms with Crippen molar-refractivity contribution in [3.05, 3.63) is 71.8 Å². The molecule has 0 amide bonds. The van der Waals surface area contributed by atoms with Gasteiger partial charge in [-0.05, 0) is 39.5 Å². The van der Waals surface area contributed by atoms with Crippen LogP contribution < -0.4 is 0 Å². The quantitative estimate of drug-likeness (QED) is 0.226. The highest BCUT2D eigenvalue weighted by molar-refractivity contribution is 6.08. The lowest BCUT2D eigenvalue weighted by Crippen LogP contribution is -2.28. The van der Waals surface area contributed by atoms with Crippen molar-refractivity contribution in [1.29, 1.82) is 0 Å². The Hall–Kier alpha value is -3.28. The minimum absolute atomic E-state index is 0.0609. The first-order valence-electron chi connectivity index (χ1n) is 11.5. The topological polar surface area (TPSA) is 86.7 Å². The summed E-state index contributed by atoms with van der Waals surface area (Å²) >= 11 is 0. The Morgan fingerprint density at radius 2 is 1.24 bits per heavy atom. The van der Waals surface area contributed by atoms with E-state index in [1.54, 1.807) is 68.4 Å². The maximum atomic E-state index is 13.2. The van der Waals surface area contributed by atoms with E-state index < -0.39 is 17.8 Å². The molecule has 0 radical (unpaired) electrons. The minimum atomic E-state index is -0.983. The molecule has 0 aliphatic rings. The Morgan fingerprint density at radius 1 is 0.697 bits per heavy atom. The van der Waals surface area contributed by atoms with Gasteiger partial charge in [-0.1, -0.05) is 60.7 Å². The first kappa shape index (κ1) is 26.0. The van der Waals surface area contributed by atoms with E-state index in [0.29, 0.717) is 37.0 Å². The average molecular weight is 453 g/mol. The number of Topliss-reactive ketones (excluding diaryl/α,β-unsaturated/α-hetero) is 2. The van der Waals surface area contributed by atoms with Gasteiger partial charge >= 0.3 is 11.9 Å². The second-order valence-electron chi connectivity index (χ2n) is 7.74. The predicted molar refractivity (Wildman–Crippen MR) is 125 cm³/mol. The molecule has 2 aromatic rings. The van der Waals surface area contributed by atoms with Crippen LogP contribution in [0.2, 0.25) is 0 Å². The molecule has 0 aromatic heterocycles. The lowest BCUT2D eigenvalue weighted by atomic mass is 9.84. The molecule has 0 aliphatic carbocycles. The second kappa shape index (κ2) is 14.0. The van der Waals surface area contributed by atoms with E-state index in [0.717, 1.165) is 0 Å². The van der Waals surface area contributed by atoms with Gasteiger partial charge < -0.3 is 9.47 Å². The third-order valence-corrected chi connectivity index (χ3v) is 5.42. The van der Waals surface area contributed by atoms with E-state index >= 15 is 0 Å². The molecule has 0 aliphatic heterocycles. The molecule has 6 heteroatoms. The lowest BCUT2D eigenvalue weighted by Gasteiger charge is -2.19. The van der Waals surface area contributed by atoms with E-state index in [2.05, 4.69) is 0 Å². The molecule has 2 aromatic carbocycles. The van der Waals surface area contributed by atoms with E-state index in [1.807, 2.05) is 6.07 Å². The molecule has 2 atom stereocenters. The summed E-state index contributed by atoms with van der Waals surface area (Å²) in [6.45, 7) is 3.93. The molecule has 0 fully saturated rings. The van der Waals surface area contributed by atoms with E-state index in [1.165, 1.54) is 0 Å². The summed E-state index contributed by atoms with van der Waals surface area (Å²) < 4.78 is 10.1. The molecular formula is C27H32O6. The normalized spacial score (nSPS) is 12.4. The van der Waals surface area contributed by atoms with Crippen LogP contribution in [0.15, 0.2) is 60.7 Å².